The molecule has 0 amide bonds. The van der Waals surface area contributed by atoms with Crippen LogP contribution in [0.25, 0.3) is 0 Å². The Balaban J connectivity index is 2.68. The summed E-state index contributed by atoms with van der Waals surface area (Å²) in [5.41, 5.74) is -1.69. The van der Waals surface area contributed by atoms with Gasteiger partial charge in [-0.3, -0.25) is 4.79 Å². The maximum Gasteiger partial charge on any atom is 0.446 e. The molecule has 1 atom stereocenters. The van der Waals surface area contributed by atoms with E-state index in [2.05, 4.69) is 5.10 Å². The monoisotopic (exact) mass is 439 g/mol. The molecule has 1 aromatic carbocycles. The number of carbonyl (C=O) groups is 1. The molecule has 0 fully saturated rings. The second-order valence-corrected chi connectivity index (χ2v) is 6.73. The van der Waals surface area contributed by atoms with Gasteiger partial charge in [0.25, 0.3) is 5.82 Å². The zero-order valence-electron chi connectivity index (χ0n) is 12.1. The van der Waals surface area contributed by atoms with Crippen molar-refractivity contribution in [3.63, 3.8) is 0 Å². The van der Waals surface area contributed by atoms with Crippen LogP contribution in [-0.4, -0.2) is 17.5 Å². The van der Waals surface area contributed by atoms with Crippen LogP contribution in [0.2, 0.25) is 10.0 Å². The van der Waals surface area contributed by atoms with Gasteiger partial charge in [0.05, 0.1) is 5.56 Å². The van der Waals surface area contributed by atoms with E-state index in [0.717, 1.165) is 0 Å². The minimum absolute atomic E-state index is 0.0281. The molecule has 0 aromatic heterocycles. The summed E-state index contributed by atoms with van der Waals surface area (Å²) in [7, 11) is 0. The van der Waals surface area contributed by atoms with Crippen molar-refractivity contribution in [1.29, 1.82) is 0 Å². The van der Waals surface area contributed by atoms with Gasteiger partial charge in [-0.25, -0.2) is 0 Å². The molecule has 0 spiro atoms. The zero-order chi connectivity index (χ0) is 20.1. The van der Waals surface area contributed by atoms with Crippen molar-refractivity contribution in [3.05, 3.63) is 38.5 Å². The summed E-state index contributed by atoms with van der Waals surface area (Å²) < 4.78 is 74.9. The Labute approximate surface area is 155 Å². The first-order valence-corrected chi connectivity index (χ1v) is 7.84. The highest BCUT2D eigenvalue weighted by molar-refractivity contribution is 8.05. The van der Waals surface area contributed by atoms with Gasteiger partial charge >= 0.3 is 11.7 Å². The van der Waals surface area contributed by atoms with Crippen molar-refractivity contribution in [1.82, 2.24) is 4.70 Å². The number of halogens is 8. The molecule has 1 aliphatic rings. The Morgan fingerprint density at radius 3 is 2.00 bits per heavy atom. The highest BCUT2D eigenvalue weighted by Gasteiger charge is 2.49. The van der Waals surface area contributed by atoms with Crippen LogP contribution < -0.4 is 16.3 Å². The normalized spacial score (nSPS) is 21.2. The highest BCUT2D eigenvalue weighted by atomic mass is 35.5. The fraction of sp³-hybridized carbons (Fsp3) is 0.167. The third-order valence-corrected chi connectivity index (χ3v) is 4.54. The molecule has 1 aliphatic heterocycles. The first kappa shape index (κ1) is 20.8. The van der Waals surface area contributed by atoms with Crippen molar-refractivity contribution in [2.45, 2.75) is 11.7 Å². The summed E-state index contributed by atoms with van der Waals surface area (Å²) in [4.78, 5) is 10.2. The molecule has 14 heteroatoms. The summed E-state index contributed by atoms with van der Waals surface area (Å²) in [6.07, 6.45) is -4.81. The van der Waals surface area contributed by atoms with Gasteiger partial charge in [-0.2, -0.15) is 26.3 Å². The summed E-state index contributed by atoms with van der Waals surface area (Å²) >= 11 is 10.9. The van der Waals surface area contributed by atoms with E-state index in [1.54, 1.807) is 0 Å². The summed E-state index contributed by atoms with van der Waals surface area (Å²) in [5.74, 6) is 5.06. The Bertz CT molecular complexity index is 815. The van der Waals surface area contributed by atoms with Crippen molar-refractivity contribution >= 4 is 52.6 Å². The Hall–Kier alpha value is -1.47. The van der Waals surface area contributed by atoms with Crippen molar-refractivity contribution in [2.24, 2.45) is 16.7 Å². The number of rotatable bonds is 3. The molecule has 0 bridgehead atoms. The molecule has 0 aliphatic carbocycles. The van der Waals surface area contributed by atoms with Gasteiger partial charge in [-0.05, 0) is 33.7 Å². The lowest BCUT2D eigenvalue weighted by molar-refractivity contribution is -0.137. The minimum atomic E-state index is -4.83. The Morgan fingerprint density at radius 2 is 1.62 bits per heavy atom. The number of aldehydes is 1. The standard InChI is InChI=1S/C12H7Cl2F6N4OS/c13-5-1-4(11(15,16)17)2-6(14)8(5)24(22)10(21)9(7(3-25)23-24)26-12(18,19)20/h1-3H,21-22H2/q+1. The molecular weight excluding hydrogens is 433 g/mol. The summed E-state index contributed by atoms with van der Waals surface area (Å²) in [5, 5.41) is 2.26. The molecule has 1 unspecified atom stereocenters. The third-order valence-electron chi connectivity index (χ3n) is 3.11. The van der Waals surface area contributed by atoms with E-state index in [-0.39, 0.29) is 6.29 Å². The zero-order valence-corrected chi connectivity index (χ0v) is 14.4. The second kappa shape index (κ2) is 6.60. The van der Waals surface area contributed by atoms with E-state index >= 15 is 0 Å². The van der Waals surface area contributed by atoms with Gasteiger partial charge in [0.1, 0.15) is 15.0 Å². The number of hydrogen-bond donors (Lipinski definition) is 2. The van der Waals surface area contributed by atoms with E-state index < -0.39 is 65.9 Å². The van der Waals surface area contributed by atoms with Gasteiger partial charge < -0.3 is 5.73 Å². The number of hydrogen-bond acceptors (Lipinski definition) is 5. The molecule has 1 aromatic rings. The predicted molar refractivity (Wildman–Crippen MR) is 85.8 cm³/mol. The molecule has 0 saturated heterocycles. The van der Waals surface area contributed by atoms with Gasteiger partial charge in [0, 0.05) is 0 Å². The number of nitrogens with two attached hydrogens (primary N) is 2. The van der Waals surface area contributed by atoms with Crippen molar-refractivity contribution < 1.29 is 31.1 Å². The van der Waals surface area contributed by atoms with Gasteiger partial charge in [0.2, 0.25) is 5.69 Å². The topological polar surface area (TPSA) is 81.5 Å². The molecule has 2 rings (SSSR count). The highest BCUT2D eigenvalue weighted by Crippen LogP contribution is 2.47. The van der Waals surface area contributed by atoms with Crippen LogP contribution in [0.5, 0.6) is 0 Å². The number of alkyl halides is 6. The maximum absolute atomic E-state index is 12.8. The van der Waals surface area contributed by atoms with E-state index in [9.17, 15) is 31.1 Å². The quantitative estimate of drug-likeness (QED) is 0.321. The molecule has 4 N–H and O–H groups in total. The van der Waals surface area contributed by atoms with Crippen LogP contribution in [0.4, 0.5) is 32.0 Å². The molecule has 0 radical (unpaired) electrons. The smallest absolute Gasteiger partial charge is 0.350 e. The SMILES string of the molecule is NC1=C(SC(F)(F)F)C(C=O)=N[N+]1(N)c1c(Cl)cc(C(F)(F)F)cc1Cl. The van der Waals surface area contributed by atoms with Crippen LogP contribution in [-0.2, 0) is 11.0 Å². The van der Waals surface area contributed by atoms with Crippen LogP contribution >= 0.6 is 35.0 Å². The Kier molecular flexibility index (Phi) is 5.29. The average molecular weight is 440 g/mol. The number of allylic oxidation sites excluding steroid dienone is 1. The van der Waals surface area contributed by atoms with Crippen LogP contribution in [0.15, 0.2) is 28.0 Å². The molecule has 1 heterocycles. The number of quaternary nitrogens is 1. The number of thioether (sulfide) groups is 1. The summed E-state index contributed by atoms with van der Waals surface area (Å²) in [6, 6.07) is 0.932. The van der Waals surface area contributed by atoms with E-state index in [1.807, 2.05) is 0 Å². The van der Waals surface area contributed by atoms with E-state index in [0.29, 0.717) is 12.1 Å². The van der Waals surface area contributed by atoms with Gasteiger partial charge in [0.15, 0.2) is 12.0 Å². The first-order chi connectivity index (χ1) is 11.7. The van der Waals surface area contributed by atoms with Crippen LogP contribution in [0.1, 0.15) is 5.56 Å². The molecule has 5 nitrogen and oxygen atoms in total. The van der Waals surface area contributed by atoms with Crippen LogP contribution in [0.3, 0.4) is 0 Å². The number of benzene rings is 1. The second-order valence-electron chi connectivity index (χ2n) is 4.84. The largest absolute Gasteiger partial charge is 0.446 e. The van der Waals surface area contributed by atoms with E-state index in [1.165, 1.54) is 0 Å². The number of nitrogens with zero attached hydrogens (tertiary/aromatic N) is 2. The van der Waals surface area contributed by atoms with E-state index in [4.69, 9.17) is 34.8 Å². The lowest BCUT2D eigenvalue weighted by Gasteiger charge is -2.24. The first-order valence-electron chi connectivity index (χ1n) is 6.27. The van der Waals surface area contributed by atoms with Crippen molar-refractivity contribution in [2.75, 3.05) is 0 Å². The molecule has 26 heavy (non-hydrogen) atoms. The van der Waals surface area contributed by atoms with Gasteiger partial charge in [-0.15, -0.1) is 5.84 Å². The van der Waals surface area contributed by atoms with Crippen LogP contribution in [0, 0.1) is 0 Å². The fourth-order valence-electron chi connectivity index (χ4n) is 2.08. The Morgan fingerprint density at radius 1 is 1.12 bits per heavy atom. The lowest BCUT2D eigenvalue weighted by Crippen LogP contribution is -2.51. The maximum atomic E-state index is 12.8. The van der Waals surface area contributed by atoms with Crippen molar-refractivity contribution in [3.8, 4) is 0 Å². The summed E-state index contributed by atoms with van der Waals surface area (Å²) in [6.45, 7) is 0. The third kappa shape index (κ3) is 3.78. The molecule has 142 valence electrons. The lowest BCUT2D eigenvalue weighted by atomic mass is 10.2. The predicted octanol–water partition coefficient (Wildman–Crippen LogP) is 4.14. The number of carbonyl (C=O) groups excluding carboxylic acids is 1. The average Bonchev–Trinajstić information content (AvgIpc) is 2.69. The molecule has 0 saturated carbocycles. The molecular formula is C12H7Cl2F6N4OS+. The minimum Gasteiger partial charge on any atom is -0.350 e. The van der Waals surface area contributed by atoms with Gasteiger partial charge in [-0.1, -0.05) is 23.2 Å². The fourth-order valence-corrected chi connectivity index (χ4v) is 3.49.